The number of benzene rings is 1. The summed E-state index contributed by atoms with van der Waals surface area (Å²) in [6.45, 7) is 5.15. The number of aromatic nitrogens is 1. The molecule has 26 heavy (non-hydrogen) atoms. The Labute approximate surface area is 156 Å². The van der Waals surface area contributed by atoms with Gasteiger partial charge in [0.2, 0.25) is 0 Å². The van der Waals surface area contributed by atoms with Crippen molar-refractivity contribution in [1.82, 2.24) is 9.88 Å². The fourth-order valence-electron chi connectivity index (χ4n) is 2.99. The van der Waals surface area contributed by atoms with Gasteiger partial charge in [-0.1, -0.05) is 0 Å². The summed E-state index contributed by atoms with van der Waals surface area (Å²) in [4.78, 5) is 19.2. The fraction of sp³-hybridized carbons (Fsp3) is 0.368. The van der Waals surface area contributed by atoms with Gasteiger partial charge in [0.25, 0.3) is 0 Å². The molecule has 0 saturated carbocycles. The Morgan fingerprint density at radius 1 is 1.19 bits per heavy atom. The first kappa shape index (κ1) is 18.3. The summed E-state index contributed by atoms with van der Waals surface area (Å²) < 4.78 is 17.4. The molecule has 2 heterocycles. The minimum atomic E-state index is -0.307. The molecule has 0 aliphatic heterocycles. The summed E-state index contributed by atoms with van der Waals surface area (Å²) >= 11 is 1.59. The second kappa shape index (κ2) is 7.78. The van der Waals surface area contributed by atoms with E-state index in [0.29, 0.717) is 19.7 Å². The molecule has 6 nitrogen and oxygen atoms in total. The van der Waals surface area contributed by atoms with Crippen LogP contribution in [0.15, 0.2) is 24.4 Å². The van der Waals surface area contributed by atoms with E-state index in [4.69, 9.17) is 14.2 Å². The zero-order valence-corrected chi connectivity index (χ0v) is 16.2. The summed E-state index contributed by atoms with van der Waals surface area (Å²) in [5.41, 5.74) is 0.765. The van der Waals surface area contributed by atoms with E-state index in [0.717, 1.165) is 37.4 Å². The van der Waals surface area contributed by atoms with E-state index in [-0.39, 0.29) is 6.09 Å². The lowest BCUT2D eigenvalue weighted by atomic mass is 10.1. The number of rotatable bonds is 6. The minimum absolute atomic E-state index is 0.307. The van der Waals surface area contributed by atoms with Crippen LogP contribution in [0.2, 0.25) is 0 Å². The Balaban J connectivity index is 2.13. The predicted octanol–water partition coefficient (Wildman–Crippen LogP) is 4.45. The number of methoxy groups -OCH3 is 2. The van der Waals surface area contributed by atoms with E-state index < -0.39 is 0 Å². The minimum Gasteiger partial charge on any atom is -0.495 e. The second-order valence-electron chi connectivity index (χ2n) is 5.63. The van der Waals surface area contributed by atoms with Crippen LogP contribution in [0.1, 0.15) is 18.7 Å². The molecule has 3 rings (SSSR count). The number of ether oxygens (including phenoxy) is 3. The Bertz CT molecular complexity index is 878. The summed E-state index contributed by atoms with van der Waals surface area (Å²) in [7, 11) is 3.30. The number of thiophene rings is 1. The lowest BCUT2D eigenvalue weighted by Gasteiger charge is -2.18. The Kier molecular flexibility index (Phi) is 5.46. The van der Waals surface area contributed by atoms with Crippen LogP contribution in [0.4, 0.5) is 4.79 Å². The van der Waals surface area contributed by atoms with Gasteiger partial charge in [-0.2, -0.15) is 0 Å². The predicted molar refractivity (Wildman–Crippen MR) is 103 cm³/mol. The summed E-state index contributed by atoms with van der Waals surface area (Å²) in [5.74, 6) is 1.50. The Morgan fingerprint density at radius 3 is 2.62 bits per heavy atom. The van der Waals surface area contributed by atoms with Gasteiger partial charge in [-0.3, -0.25) is 4.98 Å². The molecule has 3 aromatic rings. The number of nitrogens with zero attached hydrogens (tertiary/aromatic N) is 2. The Hall–Kier alpha value is -2.54. The number of hydrogen-bond donors (Lipinski definition) is 0. The number of carbonyl (C=O) groups excluding carboxylic acids is 1. The zero-order chi connectivity index (χ0) is 18.7. The lowest BCUT2D eigenvalue weighted by molar-refractivity contribution is 0.107. The number of pyridine rings is 1. The van der Waals surface area contributed by atoms with E-state index in [1.165, 1.54) is 0 Å². The molecule has 1 aromatic carbocycles. The molecule has 7 heteroatoms. The molecule has 2 aromatic heterocycles. The van der Waals surface area contributed by atoms with Gasteiger partial charge in [0.15, 0.2) is 5.75 Å². The van der Waals surface area contributed by atoms with Gasteiger partial charge in [0.05, 0.1) is 32.1 Å². The topological polar surface area (TPSA) is 60.9 Å². The third-order valence-electron chi connectivity index (χ3n) is 4.16. The molecule has 0 spiro atoms. The molecule has 0 atom stereocenters. The van der Waals surface area contributed by atoms with Gasteiger partial charge < -0.3 is 19.1 Å². The molecule has 0 fully saturated rings. The normalized spacial score (nSPS) is 10.9. The zero-order valence-electron chi connectivity index (χ0n) is 15.4. The van der Waals surface area contributed by atoms with Crippen molar-refractivity contribution >= 4 is 38.4 Å². The SMILES string of the molecule is CCOC(=O)N(CC)Cc1cc2c(OC)c3ncccc3c(OC)c2s1. The van der Waals surface area contributed by atoms with Crippen molar-refractivity contribution in [2.45, 2.75) is 20.4 Å². The first-order chi connectivity index (χ1) is 12.6. The molecule has 0 N–H and O–H groups in total. The highest BCUT2D eigenvalue weighted by molar-refractivity contribution is 7.19. The molecule has 0 unspecified atom stereocenters. The van der Waals surface area contributed by atoms with Crippen LogP contribution in [0.5, 0.6) is 11.5 Å². The summed E-state index contributed by atoms with van der Waals surface area (Å²) in [6.07, 6.45) is 1.43. The van der Waals surface area contributed by atoms with Crippen LogP contribution in [0.25, 0.3) is 21.0 Å². The lowest BCUT2D eigenvalue weighted by Crippen LogP contribution is -2.30. The molecule has 0 radical (unpaired) electrons. The summed E-state index contributed by atoms with van der Waals surface area (Å²) in [6, 6.07) is 5.89. The highest BCUT2D eigenvalue weighted by Crippen LogP contribution is 2.45. The molecular weight excluding hydrogens is 352 g/mol. The maximum atomic E-state index is 12.1. The molecule has 0 bridgehead atoms. The maximum Gasteiger partial charge on any atom is 0.410 e. The van der Waals surface area contributed by atoms with Crippen molar-refractivity contribution in [2.24, 2.45) is 0 Å². The molecule has 0 aliphatic rings. The van der Waals surface area contributed by atoms with E-state index in [1.54, 1.807) is 43.6 Å². The maximum absolute atomic E-state index is 12.1. The number of amides is 1. The number of carbonyl (C=O) groups is 1. The van der Waals surface area contributed by atoms with Crippen LogP contribution < -0.4 is 9.47 Å². The van der Waals surface area contributed by atoms with Crippen molar-refractivity contribution in [3.05, 3.63) is 29.3 Å². The third-order valence-corrected chi connectivity index (χ3v) is 5.28. The molecule has 0 aliphatic carbocycles. The smallest absolute Gasteiger partial charge is 0.410 e. The van der Waals surface area contributed by atoms with E-state index >= 15 is 0 Å². The first-order valence-corrected chi connectivity index (χ1v) is 9.28. The molecular formula is C19H22N2O4S. The van der Waals surface area contributed by atoms with Gasteiger partial charge in [-0.05, 0) is 32.0 Å². The van der Waals surface area contributed by atoms with E-state index in [1.807, 2.05) is 25.1 Å². The van der Waals surface area contributed by atoms with Crippen LogP contribution in [0.3, 0.4) is 0 Å². The van der Waals surface area contributed by atoms with Crippen molar-refractivity contribution in [3.63, 3.8) is 0 Å². The van der Waals surface area contributed by atoms with Gasteiger partial charge in [-0.25, -0.2) is 4.79 Å². The standard InChI is InChI=1S/C19H22N2O4S/c1-5-21(19(22)25-6-2)11-12-10-14-16(23-3)15-13(8-7-9-20-15)17(24-4)18(14)26-12/h7-10H,5-6,11H2,1-4H3. The van der Waals surface area contributed by atoms with Crippen molar-refractivity contribution in [2.75, 3.05) is 27.4 Å². The Morgan fingerprint density at radius 2 is 1.96 bits per heavy atom. The van der Waals surface area contributed by atoms with Crippen LogP contribution >= 0.6 is 11.3 Å². The first-order valence-electron chi connectivity index (χ1n) is 8.47. The second-order valence-corrected chi connectivity index (χ2v) is 6.77. The highest BCUT2D eigenvalue weighted by Gasteiger charge is 2.21. The van der Waals surface area contributed by atoms with E-state index in [2.05, 4.69) is 4.98 Å². The molecule has 138 valence electrons. The number of hydrogen-bond acceptors (Lipinski definition) is 6. The average Bonchev–Trinajstić information content (AvgIpc) is 3.07. The fourth-order valence-corrected chi connectivity index (χ4v) is 4.20. The molecule has 1 amide bonds. The van der Waals surface area contributed by atoms with Crippen molar-refractivity contribution in [3.8, 4) is 11.5 Å². The molecule has 0 saturated heterocycles. The monoisotopic (exact) mass is 374 g/mol. The quantitative estimate of drug-likeness (QED) is 0.638. The van der Waals surface area contributed by atoms with Crippen molar-refractivity contribution < 1.29 is 19.0 Å². The third kappa shape index (κ3) is 3.14. The van der Waals surface area contributed by atoms with Gasteiger partial charge in [0.1, 0.15) is 11.3 Å². The van der Waals surface area contributed by atoms with Gasteiger partial charge in [0, 0.05) is 28.4 Å². The average molecular weight is 374 g/mol. The summed E-state index contributed by atoms with van der Waals surface area (Å²) in [5, 5.41) is 1.85. The van der Waals surface area contributed by atoms with Crippen LogP contribution in [-0.2, 0) is 11.3 Å². The van der Waals surface area contributed by atoms with Crippen LogP contribution in [0, 0.1) is 0 Å². The largest absolute Gasteiger partial charge is 0.495 e. The number of fused-ring (bicyclic) bond motifs is 2. The van der Waals surface area contributed by atoms with Gasteiger partial charge in [-0.15, -0.1) is 11.3 Å². The highest BCUT2D eigenvalue weighted by atomic mass is 32.1. The van der Waals surface area contributed by atoms with E-state index in [9.17, 15) is 4.79 Å². The van der Waals surface area contributed by atoms with Crippen molar-refractivity contribution in [1.29, 1.82) is 0 Å². The van der Waals surface area contributed by atoms with Crippen LogP contribution in [-0.4, -0.2) is 43.3 Å². The van der Waals surface area contributed by atoms with Gasteiger partial charge >= 0.3 is 6.09 Å².